The van der Waals surface area contributed by atoms with Gasteiger partial charge in [0, 0.05) is 24.2 Å². The number of hydrogen-bond donors (Lipinski definition) is 4. The molecule has 0 unspecified atom stereocenters. The molecule has 27 heavy (non-hydrogen) atoms. The first kappa shape index (κ1) is 20.0. The second-order valence-electron chi connectivity index (χ2n) is 6.01. The molecule has 2 rings (SSSR count). The van der Waals surface area contributed by atoms with E-state index in [2.05, 4.69) is 10.6 Å². The van der Waals surface area contributed by atoms with Crippen molar-refractivity contribution in [2.24, 2.45) is 0 Å². The van der Waals surface area contributed by atoms with E-state index in [1.807, 2.05) is 0 Å². The molecule has 0 heterocycles. The molecule has 0 saturated heterocycles. The molecule has 2 aromatic carbocycles. The highest BCUT2D eigenvalue weighted by Gasteiger charge is 2.11. The smallest absolute Gasteiger partial charge is 0.303 e. The molecule has 0 aromatic heterocycles. The van der Waals surface area contributed by atoms with Gasteiger partial charge in [0.1, 0.15) is 5.75 Å². The number of carbonyl (C=O) groups is 3. The summed E-state index contributed by atoms with van der Waals surface area (Å²) in [5.41, 5.74) is 1.14. The number of para-hydroxylation sites is 1. The number of carboxylic acids is 1. The summed E-state index contributed by atoms with van der Waals surface area (Å²) in [6.45, 7) is 0.476. The highest BCUT2D eigenvalue weighted by Crippen LogP contribution is 2.18. The van der Waals surface area contributed by atoms with Crippen molar-refractivity contribution in [1.82, 2.24) is 5.32 Å². The fourth-order valence-corrected chi connectivity index (χ4v) is 2.45. The highest BCUT2D eigenvalue weighted by atomic mass is 16.4. The Morgan fingerprint density at radius 2 is 1.56 bits per heavy atom. The average Bonchev–Trinajstić information content (AvgIpc) is 2.65. The molecule has 0 fully saturated rings. The maximum absolute atomic E-state index is 12.1. The van der Waals surface area contributed by atoms with Crippen LogP contribution in [0.25, 0.3) is 0 Å². The second-order valence-corrected chi connectivity index (χ2v) is 6.01. The van der Waals surface area contributed by atoms with Crippen LogP contribution in [0.2, 0.25) is 0 Å². The molecule has 0 aliphatic carbocycles. The van der Waals surface area contributed by atoms with E-state index >= 15 is 0 Å². The number of benzene rings is 2. The monoisotopic (exact) mass is 370 g/mol. The molecule has 7 heteroatoms. The van der Waals surface area contributed by atoms with Crippen molar-refractivity contribution >= 4 is 23.5 Å². The van der Waals surface area contributed by atoms with Crippen LogP contribution in [-0.4, -0.2) is 34.5 Å². The van der Waals surface area contributed by atoms with Crippen molar-refractivity contribution in [3.63, 3.8) is 0 Å². The molecule has 0 aliphatic heterocycles. The molecule has 0 atom stereocenters. The minimum Gasteiger partial charge on any atom is -0.507 e. The summed E-state index contributed by atoms with van der Waals surface area (Å²) in [6.07, 6.45) is 2.19. The van der Waals surface area contributed by atoms with E-state index in [0.29, 0.717) is 30.6 Å². The number of amides is 2. The van der Waals surface area contributed by atoms with Crippen LogP contribution >= 0.6 is 0 Å². The molecule has 0 aliphatic rings. The van der Waals surface area contributed by atoms with Gasteiger partial charge in [0.15, 0.2) is 0 Å². The Morgan fingerprint density at radius 3 is 2.22 bits per heavy atom. The fraction of sp³-hybridized carbons (Fsp3) is 0.250. The van der Waals surface area contributed by atoms with Crippen LogP contribution < -0.4 is 10.6 Å². The molecule has 4 N–H and O–H groups in total. The number of unbranched alkanes of at least 4 members (excludes halogenated alkanes) is 2. The zero-order valence-corrected chi connectivity index (χ0v) is 14.8. The number of phenols is 1. The molecule has 2 aromatic rings. The van der Waals surface area contributed by atoms with Crippen molar-refractivity contribution in [2.75, 3.05) is 11.9 Å². The number of nitrogens with one attached hydrogen (secondary N) is 2. The van der Waals surface area contributed by atoms with Gasteiger partial charge >= 0.3 is 5.97 Å². The van der Waals surface area contributed by atoms with Gasteiger partial charge in [-0.1, -0.05) is 18.6 Å². The van der Waals surface area contributed by atoms with E-state index in [1.165, 1.54) is 12.1 Å². The Kier molecular flexibility index (Phi) is 7.37. The predicted octanol–water partition coefficient (Wildman–Crippen LogP) is 3.02. The quantitative estimate of drug-likeness (QED) is 0.506. The van der Waals surface area contributed by atoms with E-state index in [0.717, 1.165) is 6.42 Å². The SMILES string of the molecule is O=C(O)CCCCCNC(=O)c1ccc(NC(=O)c2ccccc2O)cc1. The molecule has 0 bridgehead atoms. The summed E-state index contributed by atoms with van der Waals surface area (Å²) in [4.78, 5) is 34.6. The van der Waals surface area contributed by atoms with Gasteiger partial charge in [0.05, 0.1) is 5.56 Å². The van der Waals surface area contributed by atoms with Crippen LogP contribution in [-0.2, 0) is 4.79 Å². The summed E-state index contributed by atoms with van der Waals surface area (Å²) < 4.78 is 0. The van der Waals surface area contributed by atoms with Crippen LogP contribution in [0.3, 0.4) is 0 Å². The van der Waals surface area contributed by atoms with Gasteiger partial charge in [0.25, 0.3) is 11.8 Å². The highest BCUT2D eigenvalue weighted by molar-refractivity contribution is 6.06. The van der Waals surface area contributed by atoms with E-state index in [9.17, 15) is 19.5 Å². The van der Waals surface area contributed by atoms with Crippen molar-refractivity contribution < 1.29 is 24.6 Å². The van der Waals surface area contributed by atoms with Gasteiger partial charge in [-0.2, -0.15) is 0 Å². The normalized spacial score (nSPS) is 10.2. The number of aliphatic carboxylic acids is 1. The third-order valence-electron chi connectivity index (χ3n) is 3.91. The van der Waals surface area contributed by atoms with Crippen LogP contribution in [0.1, 0.15) is 46.4 Å². The lowest BCUT2D eigenvalue weighted by atomic mass is 10.1. The first-order valence-corrected chi connectivity index (χ1v) is 8.67. The first-order valence-electron chi connectivity index (χ1n) is 8.67. The number of phenolic OH excluding ortho intramolecular Hbond substituents is 1. The van der Waals surface area contributed by atoms with E-state index in [-0.39, 0.29) is 23.6 Å². The summed E-state index contributed by atoms with van der Waals surface area (Å²) in [6, 6.07) is 12.7. The molecule has 0 spiro atoms. The predicted molar refractivity (Wildman–Crippen MR) is 101 cm³/mol. The Hall–Kier alpha value is -3.35. The molecule has 0 radical (unpaired) electrons. The number of anilines is 1. The Bertz CT molecular complexity index is 802. The zero-order valence-electron chi connectivity index (χ0n) is 14.8. The number of hydrogen-bond acceptors (Lipinski definition) is 4. The van der Waals surface area contributed by atoms with E-state index < -0.39 is 11.9 Å². The minimum absolute atomic E-state index is 0.102. The third kappa shape index (κ3) is 6.47. The molecule has 142 valence electrons. The molecular formula is C20H22N2O5. The van der Waals surface area contributed by atoms with Gasteiger partial charge in [0.2, 0.25) is 0 Å². The maximum Gasteiger partial charge on any atom is 0.303 e. The Morgan fingerprint density at radius 1 is 0.852 bits per heavy atom. The largest absolute Gasteiger partial charge is 0.507 e. The third-order valence-corrected chi connectivity index (χ3v) is 3.91. The van der Waals surface area contributed by atoms with Crippen LogP contribution in [0.15, 0.2) is 48.5 Å². The molecule has 2 amide bonds. The Balaban J connectivity index is 1.80. The van der Waals surface area contributed by atoms with Gasteiger partial charge in [-0.25, -0.2) is 0 Å². The summed E-state index contributed by atoms with van der Waals surface area (Å²) >= 11 is 0. The van der Waals surface area contributed by atoms with Crippen molar-refractivity contribution in [2.45, 2.75) is 25.7 Å². The Labute approximate surface area is 157 Å². The van der Waals surface area contributed by atoms with Gasteiger partial charge in [-0.15, -0.1) is 0 Å². The number of aromatic hydroxyl groups is 1. The summed E-state index contributed by atoms with van der Waals surface area (Å²) in [7, 11) is 0. The topological polar surface area (TPSA) is 116 Å². The first-order chi connectivity index (χ1) is 13.0. The molecular weight excluding hydrogens is 348 g/mol. The lowest BCUT2D eigenvalue weighted by molar-refractivity contribution is -0.137. The van der Waals surface area contributed by atoms with Gasteiger partial charge < -0.3 is 20.8 Å². The van der Waals surface area contributed by atoms with Crippen LogP contribution in [0.4, 0.5) is 5.69 Å². The van der Waals surface area contributed by atoms with E-state index in [4.69, 9.17) is 5.11 Å². The number of carboxylic acid groups (broad SMARTS) is 1. The van der Waals surface area contributed by atoms with Gasteiger partial charge in [-0.05, 0) is 49.2 Å². The average molecular weight is 370 g/mol. The molecule has 7 nitrogen and oxygen atoms in total. The maximum atomic E-state index is 12.1. The standard InChI is InChI=1S/C20H22N2O5/c23-17-7-4-3-6-16(17)20(27)22-15-11-9-14(10-12-15)19(26)21-13-5-1-2-8-18(24)25/h3-4,6-7,9-12,23H,1-2,5,8,13H2,(H,21,26)(H,22,27)(H,24,25). The van der Waals surface area contributed by atoms with Crippen LogP contribution in [0, 0.1) is 0 Å². The second kappa shape index (κ2) is 9.96. The van der Waals surface area contributed by atoms with E-state index in [1.54, 1.807) is 36.4 Å². The summed E-state index contributed by atoms with van der Waals surface area (Å²) in [5, 5.41) is 23.7. The van der Waals surface area contributed by atoms with Crippen molar-refractivity contribution in [3.05, 3.63) is 59.7 Å². The number of carbonyl (C=O) groups excluding carboxylic acids is 2. The number of rotatable bonds is 9. The fourth-order valence-electron chi connectivity index (χ4n) is 2.45. The summed E-state index contributed by atoms with van der Waals surface area (Å²) in [5.74, 6) is -1.58. The van der Waals surface area contributed by atoms with Crippen LogP contribution in [0.5, 0.6) is 5.75 Å². The van der Waals surface area contributed by atoms with Gasteiger partial charge in [-0.3, -0.25) is 14.4 Å². The van der Waals surface area contributed by atoms with Crippen molar-refractivity contribution in [1.29, 1.82) is 0 Å². The minimum atomic E-state index is -0.811. The molecule has 0 saturated carbocycles. The van der Waals surface area contributed by atoms with Crippen molar-refractivity contribution in [3.8, 4) is 5.75 Å². The zero-order chi connectivity index (χ0) is 19.6. The lowest BCUT2D eigenvalue weighted by Gasteiger charge is -2.08. The lowest BCUT2D eigenvalue weighted by Crippen LogP contribution is -2.24.